The predicted molar refractivity (Wildman–Crippen MR) is 126 cm³/mol. The van der Waals surface area contributed by atoms with Crippen molar-refractivity contribution >= 4 is 11.4 Å². The molecular formula is C26H23F3N4O3. The molecule has 0 saturated carbocycles. The zero-order valence-electron chi connectivity index (χ0n) is 19.2. The molecule has 2 aromatic carbocycles. The third-order valence-electron chi connectivity index (χ3n) is 6.63. The Morgan fingerprint density at radius 2 is 1.72 bits per heavy atom. The number of amides is 1. The molecule has 36 heavy (non-hydrogen) atoms. The van der Waals surface area contributed by atoms with Crippen LogP contribution in [0.4, 0.5) is 13.2 Å². The second-order valence-corrected chi connectivity index (χ2v) is 9.04. The van der Waals surface area contributed by atoms with E-state index in [1.54, 1.807) is 48.7 Å². The van der Waals surface area contributed by atoms with Crippen LogP contribution in [0.2, 0.25) is 0 Å². The Morgan fingerprint density at radius 1 is 1.00 bits per heavy atom. The van der Waals surface area contributed by atoms with E-state index in [0.29, 0.717) is 16.6 Å². The van der Waals surface area contributed by atoms with E-state index < -0.39 is 28.8 Å². The molecule has 4 aromatic rings. The van der Waals surface area contributed by atoms with Crippen LogP contribution in [-0.2, 0) is 12.7 Å². The number of aromatic nitrogens is 3. The number of hydrogen-bond acceptors (Lipinski definition) is 4. The monoisotopic (exact) mass is 496 g/mol. The van der Waals surface area contributed by atoms with E-state index in [9.17, 15) is 27.9 Å². The minimum absolute atomic E-state index is 0.0279. The highest BCUT2D eigenvalue weighted by Crippen LogP contribution is 2.36. The van der Waals surface area contributed by atoms with Gasteiger partial charge in [-0.05, 0) is 48.2 Å². The molecular weight excluding hydrogens is 473 g/mol. The second kappa shape index (κ2) is 8.94. The van der Waals surface area contributed by atoms with Crippen molar-refractivity contribution in [2.24, 2.45) is 0 Å². The first-order valence-corrected chi connectivity index (χ1v) is 11.5. The summed E-state index contributed by atoms with van der Waals surface area (Å²) in [7, 11) is 0. The van der Waals surface area contributed by atoms with E-state index in [4.69, 9.17) is 0 Å². The number of nitrogens with zero attached hydrogens (tertiary/aromatic N) is 4. The van der Waals surface area contributed by atoms with Crippen molar-refractivity contribution < 1.29 is 23.1 Å². The Kier molecular flexibility index (Phi) is 5.91. The van der Waals surface area contributed by atoms with Gasteiger partial charge in [0.25, 0.3) is 11.5 Å². The quantitative estimate of drug-likeness (QED) is 0.466. The molecule has 1 fully saturated rings. The average Bonchev–Trinajstić information content (AvgIpc) is 3.35. The summed E-state index contributed by atoms with van der Waals surface area (Å²) in [5.41, 5.74) is -1.45. The maximum absolute atomic E-state index is 13.8. The van der Waals surface area contributed by atoms with Gasteiger partial charge in [-0.15, -0.1) is 0 Å². The lowest BCUT2D eigenvalue weighted by Crippen LogP contribution is -2.50. The Hall–Kier alpha value is -3.92. The second-order valence-electron chi connectivity index (χ2n) is 9.04. The highest BCUT2D eigenvalue weighted by molar-refractivity contribution is 5.97. The molecule has 0 aliphatic carbocycles. The summed E-state index contributed by atoms with van der Waals surface area (Å²) < 4.78 is 44.0. The summed E-state index contributed by atoms with van der Waals surface area (Å²) in [5.74, 6) is -0.740. The van der Waals surface area contributed by atoms with Gasteiger partial charge in [0.2, 0.25) is 0 Å². The molecule has 7 nitrogen and oxygen atoms in total. The fourth-order valence-electron chi connectivity index (χ4n) is 4.62. The normalized spacial score (nSPS) is 15.8. The van der Waals surface area contributed by atoms with E-state index in [2.05, 4.69) is 5.10 Å². The first kappa shape index (κ1) is 23.8. The van der Waals surface area contributed by atoms with E-state index in [-0.39, 0.29) is 38.0 Å². The molecule has 0 radical (unpaired) electrons. The van der Waals surface area contributed by atoms with Crippen LogP contribution in [0.1, 0.15) is 28.8 Å². The standard InChI is InChI=1S/C26H23F3N4O3/c27-26(28,29)21-9-8-19(18-5-2-1-3-6-18)15-20(21)23(34)31-13-10-25(36,11-14-31)16-32-17-30-33-12-4-7-22(33)24(32)35/h1-9,12,15,17,36H,10-11,13-14,16H2. The number of rotatable bonds is 4. The molecule has 0 unspecified atom stereocenters. The Balaban J connectivity index is 1.37. The van der Waals surface area contributed by atoms with Gasteiger partial charge in [0, 0.05) is 19.3 Å². The summed E-state index contributed by atoms with van der Waals surface area (Å²) in [6.07, 6.45) is -1.49. The number of alkyl halides is 3. The van der Waals surface area contributed by atoms with Crippen molar-refractivity contribution in [2.75, 3.05) is 13.1 Å². The van der Waals surface area contributed by atoms with Crippen molar-refractivity contribution in [1.29, 1.82) is 0 Å². The minimum Gasteiger partial charge on any atom is -0.388 e. The highest BCUT2D eigenvalue weighted by atomic mass is 19.4. The fourth-order valence-corrected chi connectivity index (χ4v) is 4.62. The number of fused-ring (bicyclic) bond motifs is 1. The van der Waals surface area contributed by atoms with Crippen LogP contribution in [0, 0.1) is 0 Å². The highest BCUT2D eigenvalue weighted by Gasteiger charge is 2.39. The van der Waals surface area contributed by atoms with Gasteiger partial charge in [0.15, 0.2) is 0 Å². The zero-order valence-corrected chi connectivity index (χ0v) is 19.2. The lowest BCUT2D eigenvalue weighted by Gasteiger charge is -2.38. The smallest absolute Gasteiger partial charge is 0.388 e. The summed E-state index contributed by atoms with van der Waals surface area (Å²) in [4.78, 5) is 27.3. The molecule has 1 aliphatic rings. The van der Waals surface area contributed by atoms with Crippen LogP contribution in [0.3, 0.4) is 0 Å². The first-order valence-electron chi connectivity index (χ1n) is 11.5. The van der Waals surface area contributed by atoms with Gasteiger partial charge in [0.05, 0.1) is 23.3 Å². The van der Waals surface area contributed by atoms with Gasteiger partial charge in [0.1, 0.15) is 11.8 Å². The molecule has 1 N–H and O–H groups in total. The van der Waals surface area contributed by atoms with E-state index >= 15 is 0 Å². The molecule has 0 bridgehead atoms. The molecule has 3 heterocycles. The van der Waals surface area contributed by atoms with E-state index in [1.165, 1.54) is 32.4 Å². The topological polar surface area (TPSA) is 79.8 Å². The summed E-state index contributed by atoms with van der Waals surface area (Å²) in [5, 5.41) is 15.3. The largest absolute Gasteiger partial charge is 0.417 e. The predicted octanol–water partition coefficient (Wildman–Crippen LogP) is 3.85. The number of carbonyl (C=O) groups excluding carboxylic acids is 1. The maximum Gasteiger partial charge on any atom is 0.417 e. The van der Waals surface area contributed by atoms with Gasteiger partial charge < -0.3 is 10.0 Å². The van der Waals surface area contributed by atoms with Gasteiger partial charge >= 0.3 is 6.18 Å². The molecule has 0 atom stereocenters. The van der Waals surface area contributed by atoms with Crippen molar-refractivity contribution in [2.45, 2.75) is 31.2 Å². The molecule has 1 amide bonds. The molecule has 2 aromatic heterocycles. The van der Waals surface area contributed by atoms with E-state index in [1.807, 2.05) is 0 Å². The van der Waals surface area contributed by atoms with Crippen LogP contribution >= 0.6 is 0 Å². The number of aliphatic hydroxyl groups is 1. The molecule has 1 aliphatic heterocycles. The average molecular weight is 496 g/mol. The lowest BCUT2D eigenvalue weighted by atomic mass is 9.90. The zero-order chi connectivity index (χ0) is 25.5. The number of benzene rings is 2. The Labute approximate surface area is 204 Å². The van der Waals surface area contributed by atoms with Crippen LogP contribution in [0.15, 0.2) is 78.0 Å². The molecule has 10 heteroatoms. The fraction of sp³-hybridized carbons (Fsp3) is 0.269. The maximum atomic E-state index is 13.8. The first-order chi connectivity index (χ1) is 17.1. The molecule has 186 valence electrons. The van der Waals surface area contributed by atoms with Crippen LogP contribution in [0.5, 0.6) is 0 Å². The van der Waals surface area contributed by atoms with Crippen LogP contribution in [0.25, 0.3) is 16.6 Å². The van der Waals surface area contributed by atoms with Gasteiger partial charge in [-0.25, -0.2) is 4.52 Å². The third kappa shape index (κ3) is 4.51. The lowest BCUT2D eigenvalue weighted by molar-refractivity contribution is -0.138. The number of halogens is 3. The SMILES string of the molecule is O=C(c1cc(-c2ccccc2)ccc1C(F)(F)F)N1CCC(O)(Cn2cnn3cccc3c2=O)CC1. The Morgan fingerprint density at radius 3 is 2.42 bits per heavy atom. The summed E-state index contributed by atoms with van der Waals surface area (Å²) in [6, 6.07) is 15.8. The van der Waals surface area contributed by atoms with Crippen molar-refractivity contribution in [3.8, 4) is 11.1 Å². The number of piperidine rings is 1. The third-order valence-corrected chi connectivity index (χ3v) is 6.63. The summed E-state index contributed by atoms with van der Waals surface area (Å²) in [6.45, 7) is 0.0787. The number of hydrogen-bond donors (Lipinski definition) is 1. The van der Waals surface area contributed by atoms with Gasteiger partial charge in [-0.2, -0.15) is 18.3 Å². The number of likely N-dealkylation sites (tertiary alicyclic amines) is 1. The van der Waals surface area contributed by atoms with Crippen LogP contribution < -0.4 is 5.56 Å². The number of carbonyl (C=O) groups is 1. The molecule has 5 rings (SSSR count). The summed E-state index contributed by atoms with van der Waals surface area (Å²) >= 11 is 0. The van der Waals surface area contributed by atoms with Crippen LogP contribution in [-0.4, -0.2) is 48.8 Å². The van der Waals surface area contributed by atoms with Gasteiger partial charge in [-0.3, -0.25) is 14.2 Å². The molecule has 0 spiro atoms. The minimum atomic E-state index is -4.69. The van der Waals surface area contributed by atoms with Crippen molar-refractivity contribution in [3.63, 3.8) is 0 Å². The van der Waals surface area contributed by atoms with E-state index in [0.717, 1.165) is 6.07 Å². The van der Waals surface area contributed by atoms with Gasteiger partial charge in [-0.1, -0.05) is 36.4 Å². The Bertz CT molecular complexity index is 1470. The van der Waals surface area contributed by atoms with Crippen molar-refractivity contribution in [3.05, 3.63) is 94.7 Å². The molecule has 1 saturated heterocycles. The van der Waals surface area contributed by atoms with Crippen molar-refractivity contribution in [1.82, 2.24) is 19.1 Å².